The summed E-state index contributed by atoms with van der Waals surface area (Å²) in [4.78, 5) is 11.1. The number of carbonyl (C=O) groups excluding carboxylic acids is 1. The van der Waals surface area contributed by atoms with E-state index < -0.39 is 17.7 Å². The highest BCUT2D eigenvalue weighted by molar-refractivity contribution is 9.12. The summed E-state index contributed by atoms with van der Waals surface area (Å²) in [6.07, 6.45) is -4.36. The van der Waals surface area contributed by atoms with Crippen molar-refractivity contribution in [1.82, 2.24) is 0 Å². The lowest BCUT2D eigenvalue weighted by molar-refractivity contribution is -0.137. The van der Waals surface area contributed by atoms with Crippen LogP contribution in [-0.2, 0) is 15.7 Å². The molecule has 0 aromatic heterocycles. The van der Waals surface area contributed by atoms with Crippen LogP contribution in [0.25, 0.3) is 5.57 Å². The van der Waals surface area contributed by atoms with Crippen molar-refractivity contribution in [1.29, 1.82) is 0 Å². The molecule has 2 nitrogen and oxygen atoms in total. The largest absolute Gasteiger partial charge is 0.457 e. The fourth-order valence-corrected chi connectivity index (χ4v) is 1.92. The van der Waals surface area contributed by atoms with Gasteiger partial charge < -0.3 is 4.74 Å². The van der Waals surface area contributed by atoms with Crippen LogP contribution in [0.5, 0.6) is 0 Å². The Hall–Kier alpha value is -1.30. The summed E-state index contributed by atoms with van der Waals surface area (Å²) in [5.41, 5.74) is 0.377. The van der Waals surface area contributed by atoms with Crippen molar-refractivity contribution >= 4 is 27.5 Å². The minimum atomic E-state index is -4.36. The van der Waals surface area contributed by atoms with Crippen molar-refractivity contribution in [2.24, 2.45) is 0 Å². The van der Waals surface area contributed by atoms with Gasteiger partial charge in [0.25, 0.3) is 0 Å². The number of benzene rings is 1. The lowest BCUT2D eigenvalue weighted by Crippen LogP contribution is -2.04. The van der Waals surface area contributed by atoms with Crippen LogP contribution in [0, 0.1) is 0 Å². The van der Waals surface area contributed by atoms with Gasteiger partial charge in [0.05, 0.1) is 5.56 Å². The first-order valence-corrected chi connectivity index (χ1v) is 5.42. The van der Waals surface area contributed by atoms with Gasteiger partial charge in [-0.05, 0) is 33.6 Å². The molecule has 0 unspecified atom stereocenters. The van der Waals surface area contributed by atoms with Gasteiger partial charge in [0, 0.05) is 5.57 Å². The molecule has 0 saturated carbocycles. The van der Waals surface area contributed by atoms with Gasteiger partial charge in [-0.25, -0.2) is 4.79 Å². The highest BCUT2D eigenvalue weighted by atomic mass is 79.9. The molecule has 90 valence electrons. The molecule has 0 radical (unpaired) electrons. The number of hydrogen-bond acceptors (Lipinski definition) is 2. The molecule has 1 aliphatic rings. The molecule has 1 aromatic rings. The molecule has 0 amide bonds. The van der Waals surface area contributed by atoms with Crippen LogP contribution in [0.2, 0.25) is 0 Å². The molecule has 1 aromatic carbocycles. The zero-order valence-corrected chi connectivity index (χ0v) is 9.93. The average molecular weight is 307 g/mol. The third-order valence-electron chi connectivity index (χ3n) is 2.35. The molecule has 0 saturated heterocycles. The topological polar surface area (TPSA) is 26.3 Å². The van der Waals surface area contributed by atoms with E-state index in [9.17, 15) is 18.0 Å². The number of halogens is 4. The summed E-state index contributed by atoms with van der Waals surface area (Å²) >= 11 is 3.05. The van der Waals surface area contributed by atoms with E-state index in [0.29, 0.717) is 11.1 Å². The van der Waals surface area contributed by atoms with Crippen LogP contribution in [0.3, 0.4) is 0 Å². The Labute approximate surface area is 103 Å². The second-order valence-corrected chi connectivity index (χ2v) is 4.24. The number of hydrogen-bond donors (Lipinski definition) is 0. The number of carbonyl (C=O) groups is 1. The normalized spacial score (nSPS) is 16.4. The lowest BCUT2D eigenvalue weighted by atomic mass is 10.0. The zero-order valence-electron chi connectivity index (χ0n) is 8.34. The Morgan fingerprint density at radius 2 is 1.76 bits per heavy atom. The first kappa shape index (κ1) is 12.2. The van der Waals surface area contributed by atoms with E-state index in [2.05, 4.69) is 15.9 Å². The van der Waals surface area contributed by atoms with Crippen molar-refractivity contribution < 1.29 is 22.7 Å². The molecule has 1 aliphatic heterocycles. The molecule has 0 aliphatic carbocycles. The van der Waals surface area contributed by atoms with Crippen LogP contribution < -0.4 is 0 Å². The van der Waals surface area contributed by atoms with Crippen molar-refractivity contribution in [3.63, 3.8) is 0 Å². The van der Waals surface area contributed by atoms with E-state index in [4.69, 9.17) is 4.74 Å². The summed E-state index contributed by atoms with van der Waals surface area (Å²) < 4.78 is 42.0. The molecule has 17 heavy (non-hydrogen) atoms. The zero-order chi connectivity index (χ0) is 12.6. The Kier molecular flexibility index (Phi) is 2.99. The summed E-state index contributed by atoms with van der Waals surface area (Å²) in [6, 6.07) is 4.60. The fourth-order valence-electron chi connectivity index (χ4n) is 1.46. The van der Waals surface area contributed by atoms with E-state index in [-0.39, 0.29) is 11.1 Å². The van der Waals surface area contributed by atoms with E-state index in [1.165, 1.54) is 12.1 Å². The van der Waals surface area contributed by atoms with Crippen molar-refractivity contribution in [3.8, 4) is 0 Å². The van der Waals surface area contributed by atoms with Gasteiger partial charge in [0.2, 0.25) is 0 Å². The lowest BCUT2D eigenvalue weighted by Gasteiger charge is -2.07. The Morgan fingerprint density at radius 3 is 2.18 bits per heavy atom. The van der Waals surface area contributed by atoms with Crippen LogP contribution in [0.4, 0.5) is 13.2 Å². The molecule has 0 atom stereocenters. The third kappa shape index (κ3) is 2.36. The van der Waals surface area contributed by atoms with Gasteiger partial charge in [-0.2, -0.15) is 13.2 Å². The molecule has 6 heteroatoms. The van der Waals surface area contributed by atoms with Crippen molar-refractivity contribution in [3.05, 3.63) is 39.9 Å². The average Bonchev–Trinajstić information content (AvgIpc) is 2.59. The predicted molar refractivity (Wildman–Crippen MR) is 58.3 cm³/mol. The quantitative estimate of drug-likeness (QED) is 0.744. The second kappa shape index (κ2) is 4.18. The minimum absolute atomic E-state index is 0.0742. The summed E-state index contributed by atoms with van der Waals surface area (Å²) in [6.45, 7) is 0.0742. The van der Waals surface area contributed by atoms with Crippen LogP contribution in [0.1, 0.15) is 11.1 Å². The minimum Gasteiger partial charge on any atom is -0.457 e. The first-order valence-electron chi connectivity index (χ1n) is 4.63. The smallest absolute Gasteiger partial charge is 0.416 e. The highest BCUT2D eigenvalue weighted by Crippen LogP contribution is 2.33. The number of alkyl halides is 3. The second-order valence-electron chi connectivity index (χ2n) is 3.44. The van der Waals surface area contributed by atoms with Gasteiger partial charge in [-0.3, -0.25) is 0 Å². The molecule has 0 fully saturated rings. The first-order chi connectivity index (χ1) is 7.89. The van der Waals surface area contributed by atoms with Gasteiger partial charge in [-0.1, -0.05) is 12.1 Å². The Bertz CT molecular complexity index is 488. The summed E-state index contributed by atoms with van der Waals surface area (Å²) in [5, 5.41) is 0. The highest BCUT2D eigenvalue weighted by Gasteiger charge is 2.30. The van der Waals surface area contributed by atoms with Crippen molar-refractivity contribution in [2.45, 2.75) is 6.18 Å². The molecule has 0 N–H and O–H groups in total. The van der Waals surface area contributed by atoms with Crippen LogP contribution >= 0.6 is 15.9 Å². The standard InChI is InChI=1S/C11H6BrF3O2/c12-9-8(5-17-10(9)16)6-1-3-7(4-2-6)11(13,14)15/h1-4H,5H2. The maximum Gasteiger partial charge on any atom is 0.416 e. The Balaban J connectivity index is 2.34. The van der Waals surface area contributed by atoms with Gasteiger partial charge in [0.15, 0.2) is 0 Å². The van der Waals surface area contributed by atoms with Gasteiger partial charge in [-0.15, -0.1) is 0 Å². The predicted octanol–water partition coefficient (Wildman–Crippen LogP) is 3.37. The van der Waals surface area contributed by atoms with Gasteiger partial charge in [0.1, 0.15) is 11.1 Å². The van der Waals surface area contributed by atoms with E-state index in [1.807, 2.05) is 0 Å². The molecule has 1 heterocycles. The Morgan fingerprint density at radius 1 is 1.18 bits per heavy atom. The maximum absolute atomic E-state index is 12.3. The summed E-state index contributed by atoms with van der Waals surface area (Å²) in [5.74, 6) is -0.500. The number of esters is 1. The third-order valence-corrected chi connectivity index (χ3v) is 3.15. The maximum atomic E-state index is 12.3. The number of cyclic esters (lactones) is 1. The monoisotopic (exact) mass is 306 g/mol. The number of rotatable bonds is 1. The molecule has 0 spiro atoms. The van der Waals surface area contributed by atoms with Crippen LogP contribution in [0.15, 0.2) is 28.7 Å². The molecular formula is C11H6BrF3O2. The van der Waals surface area contributed by atoms with E-state index >= 15 is 0 Å². The SMILES string of the molecule is O=C1OCC(c2ccc(C(F)(F)F)cc2)=C1Br. The molecule has 0 bridgehead atoms. The van der Waals surface area contributed by atoms with E-state index in [1.54, 1.807) is 0 Å². The summed E-state index contributed by atoms with van der Waals surface area (Å²) in [7, 11) is 0. The van der Waals surface area contributed by atoms with E-state index in [0.717, 1.165) is 12.1 Å². The molecule has 2 rings (SSSR count). The number of ether oxygens (including phenoxy) is 1. The van der Waals surface area contributed by atoms with Crippen molar-refractivity contribution in [2.75, 3.05) is 6.61 Å². The molecular weight excluding hydrogens is 301 g/mol. The van der Waals surface area contributed by atoms with Crippen LogP contribution in [-0.4, -0.2) is 12.6 Å². The van der Waals surface area contributed by atoms with Gasteiger partial charge >= 0.3 is 12.1 Å². The fraction of sp³-hybridized carbons (Fsp3) is 0.182.